The van der Waals surface area contributed by atoms with Crippen LogP contribution in [-0.4, -0.2) is 55.5 Å². The maximum absolute atomic E-state index is 13.1. The van der Waals surface area contributed by atoms with E-state index < -0.39 is 12.1 Å². The van der Waals surface area contributed by atoms with Crippen LogP contribution < -0.4 is 20.7 Å². The third-order valence-electron chi connectivity index (χ3n) is 7.11. The number of likely N-dealkylation sites (N-methyl/N-ethyl adjacent to an activating group) is 1. The first-order valence-corrected chi connectivity index (χ1v) is 13.4. The summed E-state index contributed by atoms with van der Waals surface area (Å²) in [6, 6.07) is 15.4. The second kappa shape index (κ2) is 13.2. The molecular weight excluding hydrogens is 466 g/mol. The third-order valence-corrected chi connectivity index (χ3v) is 7.11. The van der Waals surface area contributed by atoms with E-state index in [1.807, 2.05) is 56.3 Å². The lowest BCUT2D eigenvalue weighted by Gasteiger charge is -2.28. The molecule has 1 amide bonds. The van der Waals surface area contributed by atoms with Gasteiger partial charge in [0.15, 0.2) is 0 Å². The van der Waals surface area contributed by atoms with Gasteiger partial charge < -0.3 is 30.5 Å². The normalized spacial score (nSPS) is 27.1. The lowest BCUT2D eigenvalue weighted by molar-refractivity contribution is -0.124. The van der Waals surface area contributed by atoms with Gasteiger partial charge in [-0.05, 0) is 75.4 Å². The Labute approximate surface area is 220 Å². The Hall–Kier alpha value is -2.71. The van der Waals surface area contributed by atoms with Crippen molar-refractivity contribution in [1.29, 1.82) is 0 Å². The Morgan fingerprint density at radius 2 is 1.95 bits per heavy atom. The summed E-state index contributed by atoms with van der Waals surface area (Å²) in [6.07, 6.45) is 6.15. The smallest absolute Gasteiger partial charge is 0.237 e. The zero-order valence-electron chi connectivity index (χ0n) is 22.2. The Morgan fingerprint density at radius 1 is 1.14 bits per heavy atom. The highest BCUT2D eigenvalue weighted by atomic mass is 16.5. The van der Waals surface area contributed by atoms with Crippen LogP contribution in [0.3, 0.4) is 0 Å². The van der Waals surface area contributed by atoms with E-state index in [2.05, 4.69) is 34.2 Å². The zero-order valence-corrected chi connectivity index (χ0v) is 22.2. The fraction of sp³-hybridized carbons (Fsp3) is 0.500. The molecule has 200 valence electrons. The molecule has 4 rings (SSSR count). The molecule has 5 atom stereocenters. The average molecular weight is 508 g/mol. The van der Waals surface area contributed by atoms with Gasteiger partial charge in [0.1, 0.15) is 5.75 Å². The number of hydrogen-bond donors (Lipinski definition) is 4. The van der Waals surface area contributed by atoms with E-state index in [1.54, 1.807) is 7.05 Å². The van der Waals surface area contributed by atoms with Gasteiger partial charge in [-0.15, -0.1) is 0 Å². The van der Waals surface area contributed by atoms with E-state index in [1.165, 1.54) is 0 Å². The van der Waals surface area contributed by atoms with Gasteiger partial charge in [0.25, 0.3) is 0 Å². The highest BCUT2D eigenvalue weighted by Crippen LogP contribution is 2.42. The van der Waals surface area contributed by atoms with E-state index in [9.17, 15) is 9.90 Å². The van der Waals surface area contributed by atoms with Gasteiger partial charge in [0.2, 0.25) is 5.91 Å². The lowest BCUT2D eigenvalue weighted by Crippen LogP contribution is -2.53. The van der Waals surface area contributed by atoms with Crippen LogP contribution in [0.25, 0.3) is 0 Å². The number of carbonyl (C=O) groups is 1. The molecule has 0 saturated heterocycles. The van der Waals surface area contributed by atoms with E-state index in [0.29, 0.717) is 26.0 Å². The number of ether oxygens (including phenoxy) is 2. The van der Waals surface area contributed by atoms with Gasteiger partial charge in [0, 0.05) is 12.6 Å². The average Bonchev–Trinajstić information content (AvgIpc) is 3.22. The van der Waals surface area contributed by atoms with Crippen LogP contribution in [-0.2, 0) is 16.0 Å². The number of carbonyl (C=O) groups excluding carboxylic acids is 1. The van der Waals surface area contributed by atoms with Gasteiger partial charge in [-0.1, -0.05) is 48.6 Å². The number of nitrogens with one attached hydrogen (secondary N) is 3. The standard InChI is InChI=1S/C30H41N3O4/c1-20(2)37-22-13-14-23-24(17-22)26-18-29(23)36-15-9-5-8-12-25(31-3)30(35)33-27(28(34)19-32-26)16-21-10-6-4-7-11-21/h4-7,9-11,13-14,17,20,25-29,31-32,34H,8,12,15-16,18-19H2,1-3H3,(H,33,35)/t25-,26-,27-,28+,29+/m0/s1. The van der Waals surface area contributed by atoms with Crippen molar-refractivity contribution in [2.75, 3.05) is 20.2 Å². The Balaban J connectivity index is 1.58. The minimum absolute atomic E-state index is 0.0142. The molecule has 0 radical (unpaired) electrons. The van der Waals surface area contributed by atoms with Crippen LogP contribution in [0.4, 0.5) is 0 Å². The van der Waals surface area contributed by atoms with Crippen LogP contribution in [0.1, 0.15) is 61.9 Å². The van der Waals surface area contributed by atoms with Gasteiger partial charge in [0.05, 0.1) is 37.0 Å². The van der Waals surface area contributed by atoms with Crippen LogP contribution >= 0.6 is 0 Å². The van der Waals surface area contributed by atoms with Crippen LogP contribution in [0.2, 0.25) is 0 Å². The lowest BCUT2D eigenvalue weighted by atomic mass is 9.99. The van der Waals surface area contributed by atoms with E-state index >= 15 is 0 Å². The number of hydrogen-bond acceptors (Lipinski definition) is 6. The minimum Gasteiger partial charge on any atom is -0.491 e. The highest BCUT2D eigenvalue weighted by Gasteiger charge is 2.33. The molecule has 1 aliphatic heterocycles. The molecule has 2 aromatic rings. The molecule has 0 aromatic heterocycles. The molecule has 2 aromatic carbocycles. The molecule has 0 unspecified atom stereocenters. The fourth-order valence-corrected chi connectivity index (χ4v) is 5.18. The maximum atomic E-state index is 13.1. The first-order valence-electron chi connectivity index (χ1n) is 13.4. The molecule has 0 spiro atoms. The monoisotopic (exact) mass is 507 g/mol. The summed E-state index contributed by atoms with van der Waals surface area (Å²) in [6.45, 7) is 4.89. The van der Waals surface area contributed by atoms with Crippen LogP contribution in [0.15, 0.2) is 60.7 Å². The second-order valence-corrected chi connectivity index (χ2v) is 10.2. The molecule has 0 saturated carbocycles. The molecule has 37 heavy (non-hydrogen) atoms. The molecule has 1 aliphatic carbocycles. The predicted octanol–water partition coefficient (Wildman–Crippen LogP) is 3.59. The molecule has 7 heteroatoms. The van der Waals surface area contributed by atoms with Crippen molar-refractivity contribution in [3.05, 3.63) is 77.4 Å². The third kappa shape index (κ3) is 7.42. The number of aliphatic hydroxyl groups is 1. The topological polar surface area (TPSA) is 91.9 Å². The first kappa shape index (κ1) is 27.3. The van der Waals surface area contributed by atoms with Crippen LogP contribution in [0.5, 0.6) is 5.75 Å². The zero-order chi connectivity index (χ0) is 26.2. The minimum atomic E-state index is -0.770. The molecule has 2 bridgehead atoms. The summed E-state index contributed by atoms with van der Waals surface area (Å²) in [5.41, 5.74) is 3.37. The van der Waals surface area contributed by atoms with Gasteiger partial charge in [-0.25, -0.2) is 0 Å². The quantitative estimate of drug-likeness (QED) is 0.463. The van der Waals surface area contributed by atoms with Crippen molar-refractivity contribution in [1.82, 2.24) is 16.0 Å². The Morgan fingerprint density at radius 3 is 2.70 bits per heavy atom. The van der Waals surface area contributed by atoms with Gasteiger partial charge in [-0.3, -0.25) is 4.79 Å². The summed E-state index contributed by atoms with van der Waals surface area (Å²) in [4.78, 5) is 13.1. The van der Waals surface area contributed by atoms with E-state index in [4.69, 9.17) is 9.47 Å². The summed E-state index contributed by atoms with van der Waals surface area (Å²) in [7, 11) is 1.80. The molecule has 7 nitrogen and oxygen atoms in total. The van der Waals surface area contributed by atoms with Crippen molar-refractivity contribution in [2.45, 2.75) is 76.0 Å². The number of rotatable bonds is 5. The van der Waals surface area contributed by atoms with Crippen molar-refractivity contribution in [2.24, 2.45) is 0 Å². The summed E-state index contributed by atoms with van der Waals surface area (Å²) >= 11 is 0. The van der Waals surface area contributed by atoms with Crippen LogP contribution in [0, 0.1) is 0 Å². The number of aliphatic hydroxyl groups excluding tert-OH is 1. The molecule has 1 heterocycles. The number of fused-ring (bicyclic) bond motifs is 5. The number of β-amino-alcohol motifs (C(OH)–C–C–N with tert-alkyl or cyclic N) is 1. The predicted molar refractivity (Wildman–Crippen MR) is 146 cm³/mol. The summed E-state index contributed by atoms with van der Waals surface area (Å²) in [5.74, 6) is 0.737. The summed E-state index contributed by atoms with van der Waals surface area (Å²) in [5, 5.41) is 21.1. The van der Waals surface area contributed by atoms with Crippen molar-refractivity contribution in [3.8, 4) is 5.75 Å². The van der Waals surface area contributed by atoms with Crippen molar-refractivity contribution < 1.29 is 19.4 Å². The van der Waals surface area contributed by atoms with Gasteiger partial charge >= 0.3 is 0 Å². The Bertz CT molecular complexity index is 1040. The largest absolute Gasteiger partial charge is 0.491 e. The maximum Gasteiger partial charge on any atom is 0.237 e. The molecular formula is C30H41N3O4. The second-order valence-electron chi connectivity index (χ2n) is 10.2. The fourth-order valence-electron chi connectivity index (χ4n) is 5.18. The first-order chi connectivity index (χ1) is 17.9. The summed E-state index contributed by atoms with van der Waals surface area (Å²) < 4.78 is 12.2. The van der Waals surface area contributed by atoms with E-state index in [-0.39, 0.29) is 30.2 Å². The molecule has 0 fully saturated rings. The highest BCUT2D eigenvalue weighted by molar-refractivity contribution is 5.82. The van der Waals surface area contributed by atoms with Crippen molar-refractivity contribution >= 4 is 5.91 Å². The SMILES string of the molecule is CN[C@H]1CCC=CCO[C@@H]2C[C@H](NC[C@@H](O)[C@H](Cc3ccccc3)NC1=O)c1cc(OC(C)C)ccc12. The number of amides is 1. The molecule has 4 N–H and O–H groups in total. The van der Waals surface area contributed by atoms with Gasteiger partial charge in [-0.2, -0.15) is 0 Å². The van der Waals surface area contributed by atoms with E-state index in [0.717, 1.165) is 35.3 Å². The number of benzene rings is 2. The number of allylic oxidation sites excluding steroid dienone is 1. The molecule has 2 aliphatic rings. The van der Waals surface area contributed by atoms with Crippen molar-refractivity contribution in [3.63, 3.8) is 0 Å². The Kier molecular flexibility index (Phi) is 9.75.